The first kappa shape index (κ1) is 24.8. The molecule has 31 heavy (non-hydrogen) atoms. The Labute approximate surface area is 188 Å². The Morgan fingerprint density at radius 1 is 0.968 bits per heavy atom. The van der Waals surface area contributed by atoms with Crippen molar-refractivity contribution >= 4 is 12.0 Å². The minimum atomic E-state index is -0.302. The molecule has 0 fully saturated rings. The van der Waals surface area contributed by atoms with Crippen LogP contribution in [0.4, 0.5) is 0 Å². The molecule has 0 unspecified atom stereocenters. The third-order valence-electron chi connectivity index (χ3n) is 5.56. The maximum Gasteiger partial charge on any atom is 0.330 e. The lowest BCUT2D eigenvalue weighted by molar-refractivity contribution is -0.138. The third-order valence-corrected chi connectivity index (χ3v) is 5.56. The highest BCUT2D eigenvalue weighted by Crippen LogP contribution is 2.17. The molecular formula is C27H38N2O2. The molecule has 0 bridgehead atoms. The van der Waals surface area contributed by atoms with Gasteiger partial charge in [0.05, 0.1) is 6.61 Å². The molecule has 1 atom stereocenters. The summed E-state index contributed by atoms with van der Waals surface area (Å²) in [7, 11) is 0. The number of aryl methyl sites for hydroxylation is 1. The zero-order valence-electron chi connectivity index (χ0n) is 19.5. The van der Waals surface area contributed by atoms with E-state index in [0.29, 0.717) is 12.5 Å². The average molecular weight is 423 g/mol. The molecule has 0 spiro atoms. The maximum atomic E-state index is 11.8. The number of hydrogen-bond acceptors (Lipinski definition) is 4. The molecule has 0 aliphatic carbocycles. The van der Waals surface area contributed by atoms with Crippen molar-refractivity contribution in [3.8, 4) is 11.4 Å². The summed E-state index contributed by atoms with van der Waals surface area (Å²) in [5.74, 6) is 0.814. The lowest BCUT2D eigenvalue weighted by atomic mass is 10.1. The second-order valence-corrected chi connectivity index (χ2v) is 8.39. The van der Waals surface area contributed by atoms with E-state index >= 15 is 0 Å². The van der Waals surface area contributed by atoms with E-state index in [-0.39, 0.29) is 5.97 Å². The quantitative estimate of drug-likeness (QED) is 0.186. The van der Waals surface area contributed by atoms with E-state index in [4.69, 9.17) is 4.74 Å². The second kappa shape index (κ2) is 14.5. The predicted molar refractivity (Wildman–Crippen MR) is 129 cm³/mol. The van der Waals surface area contributed by atoms with Gasteiger partial charge >= 0.3 is 5.97 Å². The highest BCUT2D eigenvalue weighted by Gasteiger charge is 2.04. The van der Waals surface area contributed by atoms with E-state index in [2.05, 4.69) is 30.7 Å². The molecular weight excluding hydrogens is 384 g/mol. The van der Waals surface area contributed by atoms with Gasteiger partial charge < -0.3 is 4.74 Å². The van der Waals surface area contributed by atoms with Crippen molar-refractivity contribution in [1.82, 2.24) is 9.97 Å². The number of carbonyl (C=O) groups excluding carboxylic acids is 1. The van der Waals surface area contributed by atoms with Crippen LogP contribution in [-0.2, 0) is 16.0 Å². The van der Waals surface area contributed by atoms with E-state index < -0.39 is 0 Å². The topological polar surface area (TPSA) is 52.1 Å². The molecule has 0 amide bonds. The van der Waals surface area contributed by atoms with Crippen molar-refractivity contribution < 1.29 is 9.53 Å². The van der Waals surface area contributed by atoms with Crippen molar-refractivity contribution in [2.75, 3.05) is 6.61 Å². The van der Waals surface area contributed by atoms with Gasteiger partial charge in [-0.25, -0.2) is 14.8 Å². The molecule has 0 saturated carbocycles. The molecule has 1 aromatic carbocycles. The number of benzene rings is 1. The van der Waals surface area contributed by atoms with Crippen LogP contribution in [0, 0.1) is 5.92 Å². The molecule has 168 valence electrons. The van der Waals surface area contributed by atoms with Gasteiger partial charge in [-0.2, -0.15) is 0 Å². The van der Waals surface area contributed by atoms with Gasteiger partial charge in [0, 0.05) is 24.0 Å². The van der Waals surface area contributed by atoms with Crippen molar-refractivity contribution in [3.63, 3.8) is 0 Å². The largest absolute Gasteiger partial charge is 0.462 e. The van der Waals surface area contributed by atoms with Crippen LogP contribution in [-0.4, -0.2) is 22.5 Å². The average Bonchev–Trinajstić information content (AvgIpc) is 2.81. The smallest absolute Gasteiger partial charge is 0.330 e. The fraction of sp³-hybridized carbons (Fsp3) is 0.519. The molecule has 0 N–H and O–H groups in total. The summed E-state index contributed by atoms with van der Waals surface area (Å²) in [4.78, 5) is 20.9. The molecule has 4 nitrogen and oxygen atoms in total. The molecule has 0 aliphatic rings. The van der Waals surface area contributed by atoms with Crippen molar-refractivity contribution in [2.24, 2.45) is 5.92 Å². The van der Waals surface area contributed by atoms with Gasteiger partial charge in [0.25, 0.3) is 0 Å². The SMILES string of the molecule is CCCCCCCCCc1cnc(-c2ccc(/C=C/C(=O)OC[C@H](C)CC)cc2)nc1. The summed E-state index contributed by atoms with van der Waals surface area (Å²) in [6.45, 7) is 6.87. The Morgan fingerprint density at radius 2 is 1.61 bits per heavy atom. The fourth-order valence-corrected chi connectivity index (χ4v) is 3.22. The van der Waals surface area contributed by atoms with Gasteiger partial charge in [-0.3, -0.25) is 0 Å². The summed E-state index contributed by atoms with van der Waals surface area (Å²) >= 11 is 0. The number of hydrogen-bond donors (Lipinski definition) is 0. The number of esters is 1. The van der Waals surface area contributed by atoms with Gasteiger partial charge in [0.15, 0.2) is 5.82 Å². The number of nitrogens with zero attached hydrogens (tertiary/aromatic N) is 2. The van der Waals surface area contributed by atoms with E-state index in [1.54, 1.807) is 6.08 Å². The van der Waals surface area contributed by atoms with Crippen LogP contribution in [0.1, 0.15) is 83.3 Å². The second-order valence-electron chi connectivity index (χ2n) is 8.39. The minimum absolute atomic E-state index is 0.302. The molecule has 0 aliphatic heterocycles. The van der Waals surface area contributed by atoms with Gasteiger partial charge in [-0.15, -0.1) is 0 Å². The van der Waals surface area contributed by atoms with Crippen LogP contribution in [0.15, 0.2) is 42.7 Å². The Hall–Kier alpha value is -2.49. The minimum Gasteiger partial charge on any atom is -0.462 e. The molecule has 1 heterocycles. The van der Waals surface area contributed by atoms with Gasteiger partial charge in [-0.05, 0) is 36.0 Å². The summed E-state index contributed by atoms with van der Waals surface area (Å²) in [6.07, 6.45) is 18.4. The van der Waals surface area contributed by atoms with Crippen molar-refractivity contribution in [1.29, 1.82) is 0 Å². The molecule has 1 aromatic heterocycles. The Balaban J connectivity index is 1.78. The first-order chi connectivity index (χ1) is 15.1. The summed E-state index contributed by atoms with van der Waals surface area (Å²) < 4.78 is 5.23. The first-order valence-corrected chi connectivity index (χ1v) is 11.9. The molecule has 2 rings (SSSR count). The summed E-state index contributed by atoms with van der Waals surface area (Å²) in [6, 6.07) is 7.89. The highest BCUT2D eigenvalue weighted by atomic mass is 16.5. The lowest BCUT2D eigenvalue weighted by Gasteiger charge is -2.07. The van der Waals surface area contributed by atoms with E-state index in [0.717, 1.165) is 29.8 Å². The lowest BCUT2D eigenvalue weighted by Crippen LogP contribution is -2.08. The van der Waals surface area contributed by atoms with E-state index in [9.17, 15) is 4.79 Å². The zero-order chi connectivity index (χ0) is 22.3. The van der Waals surface area contributed by atoms with Gasteiger partial charge in [0.1, 0.15) is 0 Å². The van der Waals surface area contributed by atoms with Crippen molar-refractivity contribution in [3.05, 3.63) is 53.9 Å². The molecule has 0 radical (unpaired) electrons. The fourth-order valence-electron chi connectivity index (χ4n) is 3.22. The van der Waals surface area contributed by atoms with Gasteiger partial charge in [0.2, 0.25) is 0 Å². The number of rotatable bonds is 14. The zero-order valence-corrected chi connectivity index (χ0v) is 19.5. The third kappa shape index (κ3) is 9.91. The molecule has 4 heteroatoms. The number of carbonyl (C=O) groups is 1. The Bertz CT molecular complexity index is 782. The van der Waals surface area contributed by atoms with Crippen LogP contribution in [0.3, 0.4) is 0 Å². The molecule has 2 aromatic rings. The van der Waals surface area contributed by atoms with Crippen LogP contribution in [0.2, 0.25) is 0 Å². The van der Waals surface area contributed by atoms with Crippen LogP contribution < -0.4 is 0 Å². The Kier molecular flexibility index (Phi) is 11.6. The number of aromatic nitrogens is 2. The van der Waals surface area contributed by atoms with Gasteiger partial charge in [-0.1, -0.05) is 90.0 Å². The predicted octanol–water partition coefficient (Wildman–Crippen LogP) is 7.04. The normalized spacial score (nSPS) is 12.2. The standard InChI is InChI=1S/C27H38N2O2/c1-4-6-7-8-9-10-11-12-24-19-28-27(29-20-24)25-16-13-23(14-17-25)15-18-26(30)31-21-22(3)5-2/h13-20,22H,4-12,21H2,1-3H3/b18-15+/t22-/m1/s1. The monoisotopic (exact) mass is 422 g/mol. The summed E-state index contributed by atoms with van der Waals surface area (Å²) in [5.41, 5.74) is 3.12. The Morgan fingerprint density at radius 3 is 2.26 bits per heavy atom. The van der Waals surface area contributed by atoms with Crippen molar-refractivity contribution in [2.45, 2.75) is 78.6 Å². The van der Waals surface area contributed by atoms with Crippen LogP contribution in [0.25, 0.3) is 17.5 Å². The maximum absolute atomic E-state index is 11.8. The highest BCUT2D eigenvalue weighted by molar-refractivity contribution is 5.87. The molecule has 0 saturated heterocycles. The van der Waals surface area contributed by atoms with E-state index in [1.807, 2.05) is 36.7 Å². The summed E-state index contributed by atoms with van der Waals surface area (Å²) in [5, 5.41) is 0. The number of ether oxygens (including phenoxy) is 1. The number of unbranched alkanes of at least 4 members (excludes halogenated alkanes) is 6. The van der Waals surface area contributed by atoms with Crippen LogP contribution >= 0.6 is 0 Å². The first-order valence-electron chi connectivity index (χ1n) is 11.9. The van der Waals surface area contributed by atoms with Crippen LogP contribution in [0.5, 0.6) is 0 Å². The van der Waals surface area contributed by atoms with E-state index in [1.165, 1.54) is 56.6 Å².